The van der Waals surface area contributed by atoms with Gasteiger partial charge in [-0.2, -0.15) is 13.2 Å². The smallest absolute Gasteiger partial charge is 0.362 e. The predicted molar refractivity (Wildman–Crippen MR) is 80.8 cm³/mol. The van der Waals surface area contributed by atoms with Crippen LogP contribution in [-0.4, -0.2) is 19.6 Å². The molecule has 0 radical (unpaired) electrons. The van der Waals surface area contributed by atoms with Crippen molar-refractivity contribution in [3.8, 4) is 0 Å². The number of halogens is 3. The van der Waals surface area contributed by atoms with E-state index in [4.69, 9.17) is 0 Å². The first-order valence-electron chi connectivity index (χ1n) is 7.25. The molecule has 2 aromatic rings. The molecule has 0 aromatic heterocycles. The van der Waals surface area contributed by atoms with Gasteiger partial charge in [0.15, 0.2) is 0 Å². The fourth-order valence-electron chi connectivity index (χ4n) is 2.83. The van der Waals surface area contributed by atoms with Crippen molar-refractivity contribution in [2.24, 2.45) is 0 Å². The van der Waals surface area contributed by atoms with Gasteiger partial charge in [0.1, 0.15) is 0 Å². The maximum absolute atomic E-state index is 12.7. The molecule has 1 fully saturated rings. The lowest BCUT2D eigenvalue weighted by molar-refractivity contribution is -0.137. The number of alkyl halides is 3. The lowest BCUT2D eigenvalue weighted by Gasteiger charge is -2.38. The Morgan fingerprint density at radius 1 is 0.955 bits per heavy atom. The topological polar surface area (TPSA) is 15.3 Å². The molecule has 1 heterocycles. The fourth-order valence-corrected chi connectivity index (χ4v) is 2.83. The number of nitrogens with one attached hydrogen (secondary N) is 1. The lowest BCUT2D eigenvalue weighted by atomic mass is 10.0. The molecule has 0 amide bonds. The number of anilines is 1. The third-order valence-electron chi connectivity index (χ3n) is 3.95. The molecular formula is C17H17F3N2. The summed E-state index contributed by atoms with van der Waals surface area (Å²) in [6.07, 6.45) is -4.29. The van der Waals surface area contributed by atoms with Crippen molar-refractivity contribution in [2.45, 2.75) is 12.2 Å². The van der Waals surface area contributed by atoms with Gasteiger partial charge in [0.25, 0.3) is 0 Å². The first kappa shape index (κ1) is 14.9. The number of piperazine rings is 1. The third-order valence-corrected chi connectivity index (χ3v) is 3.95. The van der Waals surface area contributed by atoms with E-state index in [-0.39, 0.29) is 6.04 Å². The van der Waals surface area contributed by atoms with Crippen LogP contribution in [0.25, 0.3) is 0 Å². The molecule has 116 valence electrons. The highest BCUT2D eigenvalue weighted by atomic mass is 19.4. The second-order valence-electron chi connectivity index (χ2n) is 5.37. The Kier molecular flexibility index (Phi) is 4.07. The summed E-state index contributed by atoms with van der Waals surface area (Å²) in [6.45, 7) is 2.38. The summed E-state index contributed by atoms with van der Waals surface area (Å²) in [7, 11) is 0. The zero-order valence-electron chi connectivity index (χ0n) is 12.0. The van der Waals surface area contributed by atoms with E-state index >= 15 is 0 Å². The minimum atomic E-state index is -4.29. The molecule has 3 rings (SSSR count). The molecule has 0 saturated carbocycles. The van der Waals surface area contributed by atoms with Gasteiger partial charge in [0, 0.05) is 25.3 Å². The molecular weight excluding hydrogens is 289 g/mol. The highest BCUT2D eigenvalue weighted by Crippen LogP contribution is 2.33. The van der Waals surface area contributed by atoms with E-state index in [0.29, 0.717) is 0 Å². The molecule has 22 heavy (non-hydrogen) atoms. The molecule has 2 nitrogen and oxygen atoms in total. The molecule has 0 aliphatic carbocycles. The summed E-state index contributed by atoms with van der Waals surface area (Å²) < 4.78 is 38.0. The van der Waals surface area contributed by atoms with Crippen molar-refractivity contribution < 1.29 is 13.2 Å². The van der Waals surface area contributed by atoms with Crippen LogP contribution >= 0.6 is 0 Å². The van der Waals surface area contributed by atoms with Crippen LogP contribution in [0.5, 0.6) is 0 Å². The zero-order valence-corrected chi connectivity index (χ0v) is 12.0. The number of nitrogens with zero attached hydrogens (tertiary/aromatic N) is 1. The van der Waals surface area contributed by atoms with E-state index in [0.717, 1.165) is 43.0 Å². The fraction of sp³-hybridized carbons (Fsp3) is 0.294. The highest BCUT2D eigenvalue weighted by Gasteiger charge is 2.31. The van der Waals surface area contributed by atoms with Crippen molar-refractivity contribution in [3.05, 3.63) is 65.7 Å². The largest absolute Gasteiger partial charge is 0.416 e. The van der Waals surface area contributed by atoms with Gasteiger partial charge in [-0.3, -0.25) is 0 Å². The van der Waals surface area contributed by atoms with Gasteiger partial charge >= 0.3 is 6.18 Å². The van der Waals surface area contributed by atoms with Crippen molar-refractivity contribution in [2.75, 3.05) is 24.5 Å². The summed E-state index contributed by atoms with van der Waals surface area (Å²) >= 11 is 0. The third kappa shape index (κ3) is 3.09. The molecule has 0 spiro atoms. The van der Waals surface area contributed by atoms with Crippen molar-refractivity contribution in [1.29, 1.82) is 0 Å². The van der Waals surface area contributed by atoms with Crippen molar-refractivity contribution in [3.63, 3.8) is 0 Å². The van der Waals surface area contributed by atoms with E-state index in [1.807, 2.05) is 18.2 Å². The zero-order chi connectivity index (χ0) is 15.6. The Hall–Kier alpha value is -2.01. The molecule has 1 aliphatic heterocycles. The quantitative estimate of drug-likeness (QED) is 0.906. The molecule has 1 N–H and O–H groups in total. The summed E-state index contributed by atoms with van der Waals surface area (Å²) in [4.78, 5) is 2.16. The summed E-state index contributed by atoms with van der Waals surface area (Å²) in [5.41, 5.74) is 1.38. The van der Waals surface area contributed by atoms with Crippen LogP contribution in [0.3, 0.4) is 0 Å². The SMILES string of the molecule is FC(F)(F)c1ccc(N2CCNCC2c2ccccc2)cc1. The lowest BCUT2D eigenvalue weighted by Crippen LogP contribution is -2.46. The van der Waals surface area contributed by atoms with Crippen LogP contribution in [0, 0.1) is 0 Å². The standard InChI is InChI=1S/C17H17F3N2/c18-17(19,20)14-6-8-15(9-7-14)22-11-10-21-12-16(22)13-4-2-1-3-5-13/h1-9,16,21H,10-12H2. The Morgan fingerprint density at radius 2 is 1.64 bits per heavy atom. The number of benzene rings is 2. The van der Waals surface area contributed by atoms with Crippen LogP contribution in [0.1, 0.15) is 17.2 Å². The van der Waals surface area contributed by atoms with E-state index in [9.17, 15) is 13.2 Å². The van der Waals surface area contributed by atoms with Gasteiger partial charge in [-0.25, -0.2) is 0 Å². The first-order valence-corrected chi connectivity index (χ1v) is 7.25. The van der Waals surface area contributed by atoms with Crippen molar-refractivity contribution in [1.82, 2.24) is 5.32 Å². The Labute approximate surface area is 127 Å². The average molecular weight is 306 g/mol. The van der Waals surface area contributed by atoms with E-state index in [1.165, 1.54) is 0 Å². The Balaban J connectivity index is 1.88. The summed E-state index contributed by atoms with van der Waals surface area (Å²) in [5.74, 6) is 0. The molecule has 1 unspecified atom stereocenters. The van der Waals surface area contributed by atoms with E-state index in [2.05, 4.69) is 22.3 Å². The highest BCUT2D eigenvalue weighted by molar-refractivity contribution is 5.51. The minimum Gasteiger partial charge on any atom is -0.362 e. The Bertz CT molecular complexity index is 608. The molecule has 2 aromatic carbocycles. The first-order chi connectivity index (χ1) is 10.6. The minimum absolute atomic E-state index is 0.131. The summed E-state index contributed by atoms with van der Waals surface area (Å²) in [6, 6.07) is 15.6. The maximum Gasteiger partial charge on any atom is 0.416 e. The van der Waals surface area contributed by atoms with Crippen LogP contribution < -0.4 is 10.2 Å². The van der Waals surface area contributed by atoms with Gasteiger partial charge in [0.2, 0.25) is 0 Å². The molecule has 1 saturated heterocycles. The number of hydrogen-bond acceptors (Lipinski definition) is 2. The van der Waals surface area contributed by atoms with Gasteiger partial charge in [0.05, 0.1) is 11.6 Å². The van der Waals surface area contributed by atoms with Gasteiger partial charge < -0.3 is 10.2 Å². The second-order valence-corrected chi connectivity index (χ2v) is 5.37. The average Bonchev–Trinajstić information content (AvgIpc) is 2.55. The van der Waals surface area contributed by atoms with Crippen molar-refractivity contribution >= 4 is 5.69 Å². The van der Waals surface area contributed by atoms with E-state index < -0.39 is 11.7 Å². The number of rotatable bonds is 2. The van der Waals surface area contributed by atoms with Crippen LogP contribution in [0.2, 0.25) is 0 Å². The summed E-state index contributed by atoms with van der Waals surface area (Å²) in [5, 5.41) is 3.35. The molecule has 5 heteroatoms. The Morgan fingerprint density at radius 3 is 2.27 bits per heavy atom. The van der Waals surface area contributed by atoms with Crippen LogP contribution in [0.4, 0.5) is 18.9 Å². The van der Waals surface area contributed by atoms with Gasteiger partial charge in [-0.15, -0.1) is 0 Å². The normalized spacial score (nSPS) is 19.2. The van der Waals surface area contributed by atoms with Crippen LogP contribution in [-0.2, 0) is 6.18 Å². The maximum atomic E-state index is 12.7. The monoisotopic (exact) mass is 306 g/mol. The number of hydrogen-bond donors (Lipinski definition) is 1. The molecule has 0 bridgehead atoms. The van der Waals surface area contributed by atoms with Gasteiger partial charge in [-0.1, -0.05) is 30.3 Å². The van der Waals surface area contributed by atoms with Gasteiger partial charge in [-0.05, 0) is 29.8 Å². The molecule has 1 aliphatic rings. The van der Waals surface area contributed by atoms with E-state index in [1.54, 1.807) is 12.1 Å². The molecule has 1 atom stereocenters. The predicted octanol–water partition coefficient (Wildman–Crippen LogP) is 3.86. The second kappa shape index (κ2) is 6.01. The van der Waals surface area contributed by atoms with Crippen LogP contribution in [0.15, 0.2) is 54.6 Å².